The summed E-state index contributed by atoms with van der Waals surface area (Å²) in [5.41, 5.74) is -0.487. The molecule has 2 bridgehead atoms. The van der Waals surface area contributed by atoms with Gasteiger partial charge in [-0.3, -0.25) is 14.8 Å². The zero-order valence-corrected chi connectivity index (χ0v) is 19.5. The van der Waals surface area contributed by atoms with E-state index in [4.69, 9.17) is 4.74 Å². The van der Waals surface area contributed by atoms with Gasteiger partial charge in [-0.1, -0.05) is 13.8 Å². The van der Waals surface area contributed by atoms with E-state index in [0.717, 1.165) is 32.0 Å². The molecular weight excluding hydrogens is 368 g/mol. The first kappa shape index (κ1) is 23.7. The van der Waals surface area contributed by atoms with Crippen LogP contribution < -0.4 is 10.6 Å². The predicted octanol–water partition coefficient (Wildman–Crippen LogP) is 1.43. The summed E-state index contributed by atoms with van der Waals surface area (Å²) < 4.78 is 5.42. The minimum absolute atomic E-state index is 0.0541. The van der Waals surface area contributed by atoms with Crippen molar-refractivity contribution in [3.63, 3.8) is 0 Å². The van der Waals surface area contributed by atoms with E-state index in [-0.39, 0.29) is 12.1 Å². The quantitative estimate of drug-likeness (QED) is 0.489. The molecular formula is C21H42N6O2. The van der Waals surface area contributed by atoms with Gasteiger partial charge in [0.25, 0.3) is 0 Å². The van der Waals surface area contributed by atoms with Crippen molar-refractivity contribution in [3.8, 4) is 0 Å². The number of carbonyl (C=O) groups excluding carboxylic acids is 1. The van der Waals surface area contributed by atoms with Gasteiger partial charge in [0.2, 0.25) is 0 Å². The van der Waals surface area contributed by atoms with Gasteiger partial charge in [-0.2, -0.15) is 0 Å². The topological polar surface area (TPSA) is 72.4 Å². The lowest BCUT2D eigenvalue weighted by atomic mass is 10.0. The Balaban J connectivity index is 1.79. The van der Waals surface area contributed by atoms with Gasteiger partial charge in [0.05, 0.1) is 0 Å². The van der Waals surface area contributed by atoms with Gasteiger partial charge in [0.15, 0.2) is 5.96 Å². The second-order valence-electron chi connectivity index (χ2n) is 9.63. The van der Waals surface area contributed by atoms with E-state index in [9.17, 15) is 4.79 Å². The molecule has 3 saturated heterocycles. The fraction of sp³-hybridized carbons (Fsp3) is 0.905. The van der Waals surface area contributed by atoms with Gasteiger partial charge < -0.3 is 20.3 Å². The van der Waals surface area contributed by atoms with E-state index in [2.05, 4.69) is 51.2 Å². The molecule has 2 N–H and O–H groups in total. The lowest BCUT2D eigenvalue weighted by Crippen LogP contribution is -2.63. The number of amides is 1. The molecule has 3 heterocycles. The third-order valence-corrected chi connectivity index (χ3v) is 5.74. The van der Waals surface area contributed by atoms with Crippen LogP contribution in [0.3, 0.4) is 0 Å². The Morgan fingerprint density at radius 3 is 2.38 bits per heavy atom. The van der Waals surface area contributed by atoms with Gasteiger partial charge in [-0.15, -0.1) is 0 Å². The minimum atomic E-state index is -0.487. The van der Waals surface area contributed by atoms with Crippen LogP contribution in [-0.2, 0) is 4.74 Å². The highest BCUT2D eigenvalue weighted by Gasteiger charge is 2.31. The number of hydrogen-bond acceptors (Lipinski definition) is 5. The third kappa shape index (κ3) is 7.66. The maximum Gasteiger partial charge on any atom is 0.407 e. The highest BCUT2D eigenvalue weighted by molar-refractivity contribution is 5.79. The fourth-order valence-electron chi connectivity index (χ4n) is 3.98. The molecule has 3 aliphatic rings. The van der Waals surface area contributed by atoms with E-state index in [1.165, 1.54) is 26.2 Å². The van der Waals surface area contributed by atoms with Crippen LogP contribution in [0.5, 0.6) is 0 Å². The second-order valence-corrected chi connectivity index (χ2v) is 9.63. The zero-order chi connectivity index (χ0) is 21.6. The van der Waals surface area contributed by atoms with Gasteiger partial charge in [-0.25, -0.2) is 4.79 Å². The van der Waals surface area contributed by atoms with Crippen LogP contribution in [0.2, 0.25) is 0 Å². The highest BCUT2D eigenvalue weighted by atomic mass is 16.6. The van der Waals surface area contributed by atoms with Crippen molar-refractivity contribution in [3.05, 3.63) is 0 Å². The highest BCUT2D eigenvalue weighted by Crippen LogP contribution is 2.15. The number of piperazine rings is 3. The monoisotopic (exact) mass is 410 g/mol. The van der Waals surface area contributed by atoms with Gasteiger partial charge in [0, 0.05) is 72.0 Å². The Morgan fingerprint density at radius 1 is 1.24 bits per heavy atom. The summed E-state index contributed by atoms with van der Waals surface area (Å²) in [6, 6.07) is 0.610. The van der Waals surface area contributed by atoms with Crippen molar-refractivity contribution in [1.29, 1.82) is 0 Å². The molecule has 168 valence electrons. The number of ether oxygens (including phenoxy) is 1. The molecule has 0 spiro atoms. The molecule has 3 fully saturated rings. The third-order valence-electron chi connectivity index (χ3n) is 5.74. The van der Waals surface area contributed by atoms with Crippen molar-refractivity contribution in [1.82, 2.24) is 25.3 Å². The van der Waals surface area contributed by atoms with E-state index in [1.54, 1.807) is 0 Å². The average molecular weight is 411 g/mol. The van der Waals surface area contributed by atoms with E-state index in [1.807, 2.05) is 27.8 Å². The Morgan fingerprint density at radius 2 is 1.90 bits per heavy atom. The molecule has 2 unspecified atom stereocenters. The van der Waals surface area contributed by atoms with Crippen molar-refractivity contribution < 1.29 is 9.53 Å². The summed E-state index contributed by atoms with van der Waals surface area (Å²) in [6.07, 6.45) is 0.481. The maximum atomic E-state index is 12.2. The van der Waals surface area contributed by atoms with Crippen LogP contribution in [0.1, 0.15) is 41.0 Å². The van der Waals surface area contributed by atoms with Gasteiger partial charge >= 0.3 is 6.09 Å². The molecule has 8 nitrogen and oxygen atoms in total. The maximum absolute atomic E-state index is 12.2. The van der Waals surface area contributed by atoms with Crippen molar-refractivity contribution >= 4 is 12.1 Å². The Hall–Kier alpha value is -1.54. The number of alkyl carbamates (subject to hydrolysis) is 1. The molecule has 0 aromatic carbocycles. The number of aliphatic imine (C=N–C) groups is 1. The van der Waals surface area contributed by atoms with Gasteiger partial charge in [-0.05, 0) is 33.1 Å². The van der Waals surface area contributed by atoms with Crippen LogP contribution >= 0.6 is 0 Å². The number of hydrogen-bond donors (Lipinski definition) is 2. The smallest absolute Gasteiger partial charge is 0.407 e. The molecule has 3 rings (SSSR count). The van der Waals surface area contributed by atoms with Crippen LogP contribution in [0.25, 0.3) is 0 Å². The average Bonchev–Trinajstić information content (AvgIpc) is 2.64. The number of nitrogens with zero attached hydrogens (tertiary/aromatic N) is 4. The summed E-state index contributed by atoms with van der Waals surface area (Å²) in [6.45, 7) is 17.5. The lowest BCUT2D eigenvalue weighted by molar-refractivity contribution is 0.0152. The van der Waals surface area contributed by atoms with Crippen molar-refractivity contribution in [2.24, 2.45) is 10.9 Å². The number of nitrogens with one attached hydrogen (secondary N) is 2. The summed E-state index contributed by atoms with van der Waals surface area (Å²) >= 11 is 0. The summed E-state index contributed by atoms with van der Waals surface area (Å²) in [5, 5.41) is 6.57. The summed E-state index contributed by atoms with van der Waals surface area (Å²) in [7, 11) is 3.88. The second kappa shape index (κ2) is 10.5. The Bertz CT molecular complexity index is 552. The molecule has 1 amide bonds. The number of fused-ring (bicyclic) bond motifs is 3. The van der Waals surface area contributed by atoms with Crippen LogP contribution in [0.15, 0.2) is 4.99 Å². The van der Waals surface area contributed by atoms with Crippen LogP contribution in [-0.4, -0.2) is 104 Å². The number of carbonyl (C=O) groups is 1. The minimum Gasteiger partial charge on any atom is -0.444 e. The number of rotatable bonds is 7. The van der Waals surface area contributed by atoms with E-state index in [0.29, 0.717) is 12.0 Å². The van der Waals surface area contributed by atoms with Crippen LogP contribution in [0.4, 0.5) is 4.79 Å². The van der Waals surface area contributed by atoms with E-state index >= 15 is 0 Å². The standard InChI is InChI=1S/C21H42N6O2/c1-16(2)18(24-20(28)29-21(3,4)5)8-9-25(7)19(22-6)23-14-17-15-26-10-12-27(17)13-11-26/h16-18H,8-15H2,1-7H3,(H,22,23)(H,24,28). The van der Waals surface area contributed by atoms with E-state index < -0.39 is 5.60 Å². The summed E-state index contributed by atoms with van der Waals surface area (Å²) in [5.74, 6) is 1.23. The molecule has 0 radical (unpaired) electrons. The first-order chi connectivity index (χ1) is 13.6. The first-order valence-electron chi connectivity index (χ1n) is 11.0. The Labute approximate surface area is 177 Å². The lowest BCUT2D eigenvalue weighted by Gasteiger charge is -2.47. The molecule has 0 aliphatic carbocycles. The molecule has 0 saturated carbocycles. The molecule has 0 aromatic rings. The first-order valence-corrected chi connectivity index (χ1v) is 11.0. The van der Waals surface area contributed by atoms with Crippen molar-refractivity contribution in [2.45, 2.75) is 58.7 Å². The largest absolute Gasteiger partial charge is 0.444 e. The molecule has 8 heteroatoms. The van der Waals surface area contributed by atoms with Crippen molar-refractivity contribution in [2.75, 3.05) is 59.9 Å². The SMILES string of the molecule is CN=C(NCC1CN2CCN1CC2)N(C)CCC(NC(=O)OC(C)(C)C)C(C)C. The number of guanidine groups is 1. The molecule has 0 aromatic heterocycles. The zero-order valence-electron chi connectivity index (χ0n) is 19.5. The molecule has 29 heavy (non-hydrogen) atoms. The fourth-order valence-corrected chi connectivity index (χ4v) is 3.98. The van der Waals surface area contributed by atoms with Gasteiger partial charge in [0.1, 0.15) is 5.60 Å². The molecule has 2 atom stereocenters. The normalized spacial score (nSPS) is 25.7. The predicted molar refractivity (Wildman–Crippen MR) is 118 cm³/mol. The Kier molecular flexibility index (Phi) is 8.58. The summed E-state index contributed by atoms with van der Waals surface area (Å²) in [4.78, 5) is 23.9. The van der Waals surface area contributed by atoms with Crippen LogP contribution in [0, 0.1) is 5.92 Å². The molecule has 3 aliphatic heterocycles.